The highest BCUT2D eigenvalue weighted by Crippen LogP contribution is 2.19. The summed E-state index contributed by atoms with van der Waals surface area (Å²) in [6.45, 7) is 0.699. The lowest BCUT2D eigenvalue weighted by Crippen LogP contribution is -2.33. The van der Waals surface area contributed by atoms with E-state index in [9.17, 15) is 17.6 Å². The van der Waals surface area contributed by atoms with E-state index in [0.29, 0.717) is 30.3 Å². The van der Waals surface area contributed by atoms with Crippen LogP contribution in [0.5, 0.6) is 5.75 Å². The van der Waals surface area contributed by atoms with Gasteiger partial charge in [0, 0.05) is 18.0 Å². The van der Waals surface area contributed by atoms with Gasteiger partial charge in [-0.25, -0.2) is 12.8 Å². The lowest BCUT2D eigenvalue weighted by Gasteiger charge is -2.22. The van der Waals surface area contributed by atoms with Crippen LogP contribution in [0.2, 0.25) is 5.02 Å². The predicted octanol–water partition coefficient (Wildman–Crippen LogP) is 3.22. The summed E-state index contributed by atoms with van der Waals surface area (Å²) in [4.78, 5) is 11.9. The lowest BCUT2D eigenvalue weighted by molar-refractivity contribution is -0.121. The van der Waals surface area contributed by atoms with Gasteiger partial charge in [-0.2, -0.15) is 0 Å². The zero-order chi connectivity index (χ0) is 20.6. The largest absolute Gasteiger partial charge is 0.492 e. The number of ether oxygens (including phenoxy) is 1. The Kier molecular flexibility index (Phi) is 8.07. The first-order chi connectivity index (χ1) is 13.3. The van der Waals surface area contributed by atoms with Gasteiger partial charge >= 0.3 is 0 Å². The summed E-state index contributed by atoms with van der Waals surface area (Å²) < 4.78 is 43.9. The fourth-order valence-corrected chi connectivity index (χ4v) is 3.56. The van der Waals surface area contributed by atoms with Gasteiger partial charge in [0.15, 0.2) is 0 Å². The summed E-state index contributed by atoms with van der Waals surface area (Å²) in [5, 5.41) is 3.32. The second-order valence-corrected chi connectivity index (χ2v) is 8.41. The molecule has 2 aromatic rings. The van der Waals surface area contributed by atoms with Crippen LogP contribution >= 0.6 is 11.6 Å². The number of carbonyl (C=O) groups excluding carboxylic acids is 1. The van der Waals surface area contributed by atoms with Crippen LogP contribution in [0.25, 0.3) is 0 Å². The van der Waals surface area contributed by atoms with Crippen molar-refractivity contribution in [3.05, 3.63) is 59.4 Å². The molecule has 6 nitrogen and oxygen atoms in total. The number of hydrogen-bond acceptors (Lipinski definition) is 4. The molecule has 0 radical (unpaired) electrons. The first-order valence-corrected chi connectivity index (χ1v) is 10.9. The summed E-state index contributed by atoms with van der Waals surface area (Å²) in [5.74, 6) is -0.0884. The maximum absolute atomic E-state index is 13.4. The molecule has 0 saturated carbocycles. The van der Waals surface area contributed by atoms with Crippen molar-refractivity contribution in [1.29, 1.82) is 0 Å². The molecule has 0 atom stereocenters. The van der Waals surface area contributed by atoms with Crippen molar-refractivity contribution >= 4 is 33.2 Å². The molecule has 0 spiro atoms. The van der Waals surface area contributed by atoms with Crippen molar-refractivity contribution in [2.24, 2.45) is 0 Å². The molecule has 0 aliphatic carbocycles. The average Bonchev–Trinajstić information content (AvgIpc) is 2.63. The molecule has 0 heterocycles. The van der Waals surface area contributed by atoms with E-state index in [0.717, 1.165) is 16.6 Å². The molecule has 1 N–H and O–H groups in total. The van der Waals surface area contributed by atoms with Crippen molar-refractivity contribution in [2.75, 3.05) is 30.3 Å². The standard InChI is InChI=1S/C19H22ClFN2O4S/c1-28(25,26)23(17-5-2-4-16(21)14-17)12-3-6-19(24)22-11-13-27-18-9-7-15(20)8-10-18/h2,4-5,7-10,14H,3,6,11-13H2,1H3,(H,22,24). The molecule has 0 aliphatic heterocycles. The molecule has 0 unspecified atom stereocenters. The zero-order valence-electron chi connectivity index (χ0n) is 15.4. The van der Waals surface area contributed by atoms with Crippen LogP contribution in [-0.4, -0.2) is 40.3 Å². The number of benzene rings is 2. The molecule has 0 aliphatic rings. The van der Waals surface area contributed by atoms with Crippen LogP contribution in [0.1, 0.15) is 12.8 Å². The number of sulfonamides is 1. The van der Waals surface area contributed by atoms with E-state index in [1.807, 2.05) is 0 Å². The Balaban J connectivity index is 1.74. The Bertz CT molecular complexity index is 891. The van der Waals surface area contributed by atoms with E-state index in [2.05, 4.69) is 5.32 Å². The predicted molar refractivity (Wildman–Crippen MR) is 108 cm³/mol. The van der Waals surface area contributed by atoms with Crippen molar-refractivity contribution in [3.8, 4) is 5.75 Å². The first-order valence-electron chi connectivity index (χ1n) is 8.64. The fourth-order valence-electron chi connectivity index (χ4n) is 2.48. The fraction of sp³-hybridized carbons (Fsp3) is 0.316. The molecular formula is C19H22ClFN2O4S. The van der Waals surface area contributed by atoms with E-state index in [4.69, 9.17) is 16.3 Å². The first kappa shape index (κ1) is 22.0. The van der Waals surface area contributed by atoms with Crippen LogP contribution in [-0.2, 0) is 14.8 Å². The van der Waals surface area contributed by atoms with Crippen molar-refractivity contribution in [2.45, 2.75) is 12.8 Å². The maximum atomic E-state index is 13.4. The van der Waals surface area contributed by atoms with E-state index in [1.165, 1.54) is 18.2 Å². The van der Waals surface area contributed by atoms with Gasteiger partial charge in [-0.05, 0) is 48.9 Å². The third-order valence-electron chi connectivity index (χ3n) is 3.77. The van der Waals surface area contributed by atoms with Gasteiger partial charge in [0.1, 0.15) is 18.2 Å². The summed E-state index contributed by atoms with van der Waals surface area (Å²) in [5.41, 5.74) is 0.235. The van der Waals surface area contributed by atoms with Gasteiger partial charge < -0.3 is 10.1 Å². The van der Waals surface area contributed by atoms with Crippen LogP contribution in [0, 0.1) is 5.82 Å². The monoisotopic (exact) mass is 428 g/mol. The number of amides is 1. The number of nitrogens with zero attached hydrogens (tertiary/aromatic N) is 1. The lowest BCUT2D eigenvalue weighted by atomic mass is 10.2. The molecule has 152 valence electrons. The van der Waals surface area contributed by atoms with E-state index < -0.39 is 15.8 Å². The quantitative estimate of drug-likeness (QED) is 0.589. The molecule has 0 bridgehead atoms. The highest BCUT2D eigenvalue weighted by atomic mass is 35.5. The molecule has 9 heteroatoms. The number of rotatable bonds is 10. The van der Waals surface area contributed by atoms with Crippen LogP contribution in [0.3, 0.4) is 0 Å². The number of carbonyl (C=O) groups is 1. The highest BCUT2D eigenvalue weighted by molar-refractivity contribution is 7.92. The van der Waals surface area contributed by atoms with Gasteiger partial charge in [-0.3, -0.25) is 9.10 Å². The normalized spacial score (nSPS) is 11.1. The highest BCUT2D eigenvalue weighted by Gasteiger charge is 2.18. The Morgan fingerprint density at radius 2 is 1.93 bits per heavy atom. The SMILES string of the molecule is CS(=O)(=O)N(CCCC(=O)NCCOc1ccc(Cl)cc1)c1cccc(F)c1. The maximum Gasteiger partial charge on any atom is 0.232 e. The Morgan fingerprint density at radius 1 is 1.21 bits per heavy atom. The van der Waals surface area contributed by atoms with Gasteiger partial charge in [-0.1, -0.05) is 17.7 Å². The minimum atomic E-state index is -3.58. The van der Waals surface area contributed by atoms with Crippen LogP contribution in [0.4, 0.5) is 10.1 Å². The molecule has 1 amide bonds. The number of halogens is 2. The molecule has 28 heavy (non-hydrogen) atoms. The molecule has 0 fully saturated rings. The number of nitrogens with one attached hydrogen (secondary N) is 1. The van der Waals surface area contributed by atoms with E-state index >= 15 is 0 Å². The minimum absolute atomic E-state index is 0.0803. The molecule has 0 saturated heterocycles. The molecule has 0 aromatic heterocycles. The summed E-state index contributed by atoms with van der Waals surface area (Å²) in [6, 6.07) is 12.2. The summed E-state index contributed by atoms with van der Waals surface area (Å²) in [7, 11) is -3.58. The Labute approximate surface area is 169 Å². The van der Waals surface area contributed by atoms with Crippen molar-refractivity contribution in [1.82, 2.24) is 5.32 Å². The third kappa shape index (κ3) is 7.36. The topological polar surface area (TPSA) is 75.7 Å². The Morgan fingerprint density at radius 3 is 2.57 bits per heavy atom. The van der Waals surface area contributed by atoms with Gasteiger partial charge in [-0.15, -0.1) is 0 Å². The summed E-state index contributed by atoms with van der Waals surface area (Å²) in [6.07, 6.45) is 1.49. The van der Waals surface area contributed by atoms with Crippen LogP contribution < -0.4 is 14.4 Å². The number of anilines is 1. The van der Waals surface area contributed by atoms with Gasteiger partial charge in [0.25, 0.3) is 0 Å². The average molecular weight is 429 g/mol. The molecule has 2 rings (SSSR count). The minimum Gasteiger partial charge on any atom is -0.492 e. The number of hydrogen-bond donors (Lipinski definition) is 1. The van der Waals surface area contributed by atoms with Gasteiger partial charge in [0.2, 0.25) is 15.9 Å². The van der Waals surface area contributed by atoms with Crippen LogP contribution in [0.15, 0.2) is 48.5 Å². The van der Waals surface area contributed by atoms with E-state index in [-0.39, 0.29) is 24.6 Å². The zero-order valence-corrected chi connectivity index (χ0v) is 17.0. The third-order valence-corrected chi connectivity index (χ3v) is 5.21. The Hall–Kier alpha value is -2.32. The molecule has 2 aromatic carbocycles. The smallest absolute Gasteiger partial charge is 0.232 e. The van der Waals surface area contributed by atoms with Gasteiger partial charge in [0.05, 0.1) is 18.5 Å². The van der Waals surface area contributed by atoms with Crippen molar-refractivity contribution < 1.29 is 22.3 Å². The molecular weight excluding hydrogens is 407 g/mol. The summed E-state index contributed by atoms with van der Waals surface area (Å²) >= 11 is 5.79. The van der Waals surface area contributed by atoms with Crippen molar-refractivity contribution in [3.63, 3.8) is 0 Å². The second-order valence-electron chi connectivity index (χ2n) is 6.07. The van der Waals surface area contributed by atoms with E-state index in [1.54, 1.807) is 24.3 Å². The second kappa shape index (κ2) is 10.3.